The zero-order valence-corrected chi connectivity index (χ0v) is 9.15. The van der Waals surface area contributed by atoms with Crippen molar-refractivity contribution in [3.63, 3.8) is 0 Å². The molecule has 1 heterocycles. The lowest BCUT2D eigenvalue weighted by Gasteiger charge is -2.07. The number of aromatic amines is 1. The van der Waals surface area contributed by atoms with E-state index in [0.717, 1.165) is 22.6 Å². The molecule has 82 valence electrons. The van der Waals surface area contributed by atoms with Gasteiger partial charge in [0.1, 0.15) is 5.75 Å². The molecule has 0 bridgehead atoms. The summed E-state index contributed by atoms with van der Waals surface area (Å²) >= 11 is 0. The summed E-state index contributed by atoms with van der Waals surface area (Å²) in [5.74, 6) is 0.803. The number of ether oxygens (including phenoxy) is 1. The Morgan fingerprint density at radius 2 is 2.12 bits per heavy atom. The number of aryl methyl sites for hydroxylation is 1. The highest BCUT2D eigenvalue weighted by Crippen LogP contribution is 2.24. The Hall–Kier alpha value is -2.10. The Morgan fingerprint density at radius 3 is 2.75 bits per heavy atom. The Balaban J connectivity index is 2.52. The van der Waals surface area contributed by atoms with Gasteiger partial charge in [0.05, 0.1) is 12.8 Å². The van der Waals surface area contributed by atoms with Crippen molar-refractivity contribution in [2.24, 2.45) is 0 Å². The first-order chi connectivity index (χ1) is 7.70. The fourth-order valence-corrected chi connectivity index (χ4v) is 1.59. The van der Waals surface area contributed by atoms with Crippen molar-refractivity contribution in [2.45, 2.75) is 6.92 Å². The SMILES string of the molecule is COc1ccc(-c2ccnc(=O)[nH]2)c(C)c1. The molecule has 16 heavy (non-hydrogen) atoms. The van der Waals surface area contributed by atoms with Crippen LogP contribution in [-0.2, 0) is 0 Å². The maximum absolute atomic E-state index is 11.1. The van der Waals surface area contributed by atoms with Gasteiger partial charge in [0.25, 0.3) is 0 Å². The van der Waals surface area contributed by atoms with E-state index < -0.39 is 0 Å². The Kier molecular flexibility index (Phi) is 2.72. The Labute approximate surface area is 92.9 Å². The molecule has 0 aliphatic rings. The molecule has 0 saturated heterocycles. The first-order valence-corrected chi connectivity index (χ1v) is 4.91. The van der Waals surface area contributed by atoms with Crippen LogP contribution in [0.1, 0.15) is 5.56 Å². The molecule has 0 spiro atoms. The highest BCUT2D eigenvalue weighted by molar-refractivity contribution is 5.64. The lowest BCUT2D eigenvalue weighted by Crippen LogP contribution is -2.09. The predicted molar refractivity (Wildman–Crippen MR) is 61.6 cm³/mol. The van der Waals surface area contributed by atoms with E-state index in [1.807, 2.05) is 25.1 Å². The van der Waals surface area contributed by atoms with Crippen LogP contribution in [0.15, 0.2) is 35.3 Å². The van der Waals surface area contributed by atoms with Gasteiger partial charge in [0.15, 0.2) is 0 Å². The van der Waals surface area contributed by atoms with E-state index in [1.54, 1.807) is 13.2 Å². The minimum absolute atomic E-state index is 0.340. The highest BCUT2D eigenvalue weighted by Gasteiger charge is 2.03. The van der Waals surface area contributed by atoms with Crippen LogP contribution in [-0.4, -0.2) is 17.1 Å². The average Bonchev–Trinajstić information content (AvgIpc) is 2.28. The van der Waals surface area contributed by atoms with Crippen molar-refractivity contribution in [3.8, 4) is 17.0 Å². The molecule has 4 nitrogen and oxygen atoms in total. The van der Waals surface area contributed by atoms with Crippen molar-refractivity contribution < 1.29 is 4.74 Å². The fraction of sp³-hybridized carbons (Fsp3) is 0.167. The smallest absolute Gasteiger partial charge is 0.345 e. The van der Waals surface area contributed by atoms with E-state index in [0.29, 0.717) is 0 Å². The fourth-order valence-electron chi connectivity index (χ4n) is 1.59. The van der Waals surface area contributed by atoms with Gasteiger partial charge in [0.2, 0.25) is 0 Å². The van der Waals surface area contributed by atoms with Crippen LogP contribution in [0.25, 0.3) is 11.3 Å². The van der Waals surface area contributed by atoms with Crippen LogP contribution < -0.4 is 10.4 Å². The van der Waals surface area contributed by atoms with Crippen LogP contribution in [0.2, 0.25) is 0 Å². The molecule has 1 aromatic carbocycles. The summed E-state index contributed by atoms with van der Waals surface area (Å²) in [5, 5.41) is 0. The van der Waals surface area contributed by atoms with E-state index in [-0.39, 0.29) is 5.69 Å². The number of hydrogen-bond acceptors (Lipinski definition) is 3. The predicted octanol–water partition coefficient (Wildman–Crippen LogP) is 1.75. The maximum Gasteiger partial charge on any atom is 0.345 e. The summed E-state index contributed by atoms with van der Waals surface area (Å²) in [7, 11) is 1.63. The number of H-pyrrole nitrogens is 1. The monoisotopic (exact) mass is 216 g/mol. The zero-order chi connectivity index (χ0) is 11.5. The van der Waals surface area contributed by atoms with Crippen LogP contribution in [0.4, 0.5) is 0 Å². The summed E-state index contributed by atoms with van der Waals surface area (Å²) in [6.45, 7) is 1.97. The third kappa shape index (κ3) is 1.95. The lowest BCUT2D eigenvalue weighted by molar-refractivity contribution is 0.414. The molecule has 1 aromatic heterocycles. The molecule has 2 rings (SSSR count). The van der Waals surface area contributed by atoms with E-state index in [1.165, 1.54) is 6.20 Å². The molecule has 0 radical (unpaired) electrons. The van der Waals surface area contributed by atoms with E-state index >= 15 is 0 Å². The number of benzene rings is 1. The molecule has 1 N–H and O–H groups in total. The van der Waals surface area contributed by atoms with Gasteiger partial charge in [-0.2, -0.15) is 0 Å². The first kappa shape index (κ1) is 10.4. The molecule has 0 atom stereocenters. The number of rotatable bonds is 2. The van der Waals surface area contributed by atoms with Crippen LogP contribution in [0.5, 0.6) is 5.75 Å². The molecular weight excluding hydrogens is 204 g/mol. The van der Waals surface area contributed by atoms with Crippen LogP contribution in [0, 0.1) is 6.92 Å². The normalized spacial score (nSPS) is 10.1. The van der Waals surface area contributed by atoms with Crippen molar-refractivity contribution in [2.75, 3.05) is 7.11 Å². The molecule has 0 unspecified atom stereocenters. The Morgan fingerprint density at radius 1 is 1.31 bits per heavy atom. The third-order valence-electron chi connectivity index (χ3n) is 2.40. The van der Waals surface area contributed by atoms with Gasteiger partial charge in [-0.15, -0.1) is 0 Å². The summed E-state index contributed by atoms with van der Waals surface area (Å²) in [6, 6.07) is 7.48. The van der Waals surface area contributed by atoms with Gasteiger partial charge in [-0.25, -0.2) is 9.78 Å². The second-order valence-corrected chi connectivity index (χ2v) is 3.47. The van der Waals surface area contributed by atoms with E-state index in [9.17, 15) is 4.79 Å². The summed E-state index contributed by atoms with van der Waals surface area (Å²) in [5.41, 5.74) is 2.44. The molecule has 2 aromatic rings. The zero-order valence-electron chi connectivity index (χ0n) is 9.15. The van der Waals surface area contributed by atoms with Gasteiger partial charge in [0, 0.05) is 11.8 Å². The van der Waals surface area contributed by atoms with E-state index in [2.05, 4.69) is 9.97 Å². The maximum atomic E-state index is 11.1. The molecular formula is C12H12N2O2. The molecule has 0 saturated carbocycles. The largest absolute Gasteiger partial charge is 0.497 e. The topological polar surface area (TPSA) is 55.0 Å². The van der Waals surface area contributed by atoms with Crippen molar-refractivity contribution in [3.05, 3.63) is 46.5 Å². The van der Waals surface area contributed by atoms with E-state index in [4.69, 9.17) is 4.74 Å². The van der Waals surface area contributed by atoms with Gasteiger partial charge in [-0.1, -0.05) is 0 Å². The number of nitrogens with one attached hydrogen (secondary N) is 1. The van der Waals surface area contributed by atoms with Crippen LogP contribution >= 0.6 is 0 Å². The Bertz CT molecular complexity index is 561. The second-order valence-electron chi connectivity index (χ2n) is 3.47. The highest BCUT2D eigenvalue weighted by atomic mass is 16.5. The summed E-state index contributed by atoms with van der Waals surface area (Å²) in [4.78, 5) is 17.4. The quantitative estimate of drug-likeness (QED) is 0.832. The minimum Gasteiger partial charge on any atom is -0.497 e. The van der Waals surface area contributed by atoms with Gasteiger partial charge in [-0.3, -0.25) is 0 Å². The second kappa shape index (κ2) is 4.18. The minimum atomic E-state index is -0.340. The standard InChI is InChI=1S/C12H12N2O2/c1-8-7-9(16-2)3-4-10(8)11-5-6-13-12(15)14-11/h3-7H,1-2H3,(H,13,14,15). The summed E-state index contributed by atoms with van der Waals surface area (Å²) < 4.78 is 5.13. The lowest BCUT2D eigenvalue weighted by atomic mass is 10.1. The molecule has 0 aliphatic heterocycles. The van der Waals surface area contributed by atoms with Gasteiger partial charge in [-0.05, 0) is 36.8 Å². The molecule has 0 amide bonds. The first-order valence-electron chi connectivity index (χ1n) is 4.91. The average molecular weight is 216 g/mol. The van der Waals surface area contributed by atoms with Crippen molar-refractivity contribution in [1.82, 2.24) is 9.97 Å². The molecule has 0 aliphatic carbocycles. The third-order valence-corrected chi connectivity index (χ3v) is 2.40. The number of aromatic nitrogens is 2. The molecule has 0 fully saturated rings. The number of nitrogens with zero attached hydrogens (tertiary/aromatic N) is 1. The number of hydrogen-bond donors (Lipinski definition) is 1. The van der Waals surface area contributed by atoms with Crippen molar-refractivity contribution >= 4 is 0 Å². The van der Waals surface area contributed by atoms with Crippen LogP contribution in [0.3, 0.4) is 0 Å². The molecule has 4 heteroatoms. The van der Waals surface area contributed by atoms with Gasteiger partial charge < -0.3 is 9.72 Å². The summed E-state index contributed by atoms with van der Waals surface area (Å²) in [6.07, 6.45) is 1.50. The van der Waals surface area contributed by atoms with Crippen molar-refractivity contribution in [1.29, 1.82) is 0 Å². The number of methoxy groups -OCH3 is 1. The van der Waals surface area contributed by atoms with Gasteiger partial charge >= 0.3 is 5.69 Å².